The zero-order chi connectivity index (χ0) is 12.8. The third kappa shape index (κ3) is 2.17. The number of hydrogen-bond donors (Lipinski definition) is 1. The van der Waals surface area contributed by atoms with Crippen molar-refractivity contribution in [3.8, 4) is 5.75 Å². The minimum Gasteiger partial charge on any atom is -0.508 e. The lowest BCUT2D eigenvalue weighted by Gasteiger charge is -2.32. The second kappa shape index (κ2) is 3.90. The lowest BCUT2D eigenvalue weighted by molar-refractivity contribution is 0.00578. The molecule has 0 spiro atoms. The summed E-state index contributed by atoms with van der Waals surface area (Å²) >= 11 is 5.79. The van der Waals surface area contributed by atoms with Gasteiger partial charge in [-0.25, -0.2) is 0 Å². The van der Waals surface area contributed by atoms with Crippen LogP contribution >= 0.6 is 11.6 Å². The van der Waals surface area contributed by atoms with Gasteiger partial charge >= 0.3 is 7.12 Å². The number of hydrogen-bond acceptors (Lipinski definition) is 3. The molecule has 0 saturated carbocycles. The highest BCUT2D eigenvalue weighted by atomic mass is 35.5. The van der Waals surface area contributed by atoms with Gasteiger partial charge in [-0.2, -0.15) is 0 Å². The number of rotatable bonds is 1. The summed E-state index contributed by atoms with van der Waals surface area (Å²) in [5.74, 6) is 0.0935. The van der Waals surface area contributed by atoms with Crippen molar-refractivity contribution in [1.29, 1.82) is 0 Å². The Morgan fingerprint density at radius 3 is 2.12 bits per heavy atom. The van der Waals surface area contributed by atoms with Gasteiger partial charge in [-0.15, -0.1) is 0 Å². The summed E-state index contributed by atoms with van der Waals surface area (Å²) < 4.78 is 11.7. The fourth-order valence-corrected chi connectivity index (χ4v) is 1.85. The van der Waals surface area contributed by atoms with E-state index in [1.165, 1.54) is 6.07 Å². The molecule has 1 saturated heterocycles. The van der Waals surface area contributed by atoms with Crippen molar-refractivity contribution >= 4 is 24.2 Å². The SMILES string of the molecule is CC1(C)OB(c2ccc(Cl)cc2O)OC1(C)C. The average Bonchev–Trinajstić information content (AvgIpc) is 2.35. The first-order valence-electron chi connectivity index (χ1n) is 5.57. The van der Waals surface area contributed by atoms with Crippen LogP contribution in [0.4, 0.5) is 0 Å². The molecular weight excluding hydrogens is 238 g/mol. The van der Waals surface area contributed by atoms with Gasteiger partial charge in [0, 0.05) is 10.5 Å². The van der Waals surface area contributed by atoms with Gasteiger partial charge in [-0.1, -0.05) is 17.7 Å². The van der Waals surface area contributed by atoms with Gasteiger partial charge in [-0.3, -0.25) is 0 Å². The number of phenolic OH excluding ortho intramolecular Hbond substituents is 1. The minimum atomic E-state index is -0.558. The molecule has 0 unspecified atom stereocenters. The third-order valence-electron chi connectivity index (χ3n) is 3.50. The zero-order valence-electron chi connectivity index (χ0n) is 10.5. The van der Waals surface area contributed by atoms with Crippen LogP contribution in [0.2, 0.25) is 5.02 Å². The standard InChI is InChI=1S/C12H16BClO3/c1-11(2)12(3,4)17-13(16-11)9-6-5-8(14)7-10(9)15/h5-7,15H,1-4H3. The highest BCUT2D eigenvalue weighted by Crippen LogP contribution is 2.37. The van der Waals surface area contributed by atoms with Gasteiger partial charge in [0.15, 0.2) is 0 Å². The molecule has 1 aromatic carbocycles. The van der Waals surface area contributed by atoms with Crippen LogP contribution in [-0.2, 0) is 9.31 Å². The molecule has 5 heteroatoms. The van der Waals surface area contributed by atoms with Gasteiger partial charge in [0.1, 0.15) is 5.75 Å². The Labute approximate surface area is 107 Å². The van der Waals surface area contributed by atoms with Crippen LogP contribution in [0.3, 0.4) is 0 Å². The van der Waals surface area contributed by atoms with E-state index < -0.39 is 18.3 Å². The van der Waals surface area contributed by atoms with Gasteiger partial charge in [-0.05, 0) is 39.8 Å². The predicted octanol–water partition coefficient (Wildman–Crippen LogP) is 2.34. The van der Waals surface area contributed by atoms with Crippen LogP contribution in [0.25, 0.3) is 0 Å². The van der Waals surface area contributed by atoms with Crippen molar-refractivity contribution in [3.05, 3.63) is 23.2 Å². The molecule has 1 aromatic rings. The molecule has 92 valence electrons. The Hall–Kier alpha value is -0.705. The molecule has 1 aliphatic heterocycles. The lowest BCUT2D eigenvalue weighted by Crippen LogP contribution is -2.41. The summed E-state index contributed by atoms with van der Waals surface area (Å²) in [7, 11) is -0.558. The highest BCUT2D eigenvalue weighted by molar-refractivity contribution is 6.63. The molecule has 2 rings (SSSR count). The molecule has 0 atom stereocenters. The van der Waals surface area contributed by atoms with E-state index in [0.29, 0.717) is 10.5 Å². The molecule has 0 aromatic heterocycles. The predicted molar refractivity (Wildman–Crippen MR) is 68.8 cm³/mol. The fraction of sp³-hybridized carbons (Fsp3) is 0.500. The van der Waals surface area contributed by atoms with Crippen molar-refractivity contribution < 1.29 is 14.4 Å². The van der Waals surface area contributed by atoms with Gasteiger partial charge < -0.3 is 14.4 Å². The van der Waals surface area contributed by atoms with Crippen molar-refractivity contribution in [2.45, 2.75) is 38.9 Å². The van der Waals surface area contributed by atoms with Crippen molar-refractivity contribution in [2.75, 3.05) is 0 Å². The van der Waals surface area contributed by atoms with Crippen molar-refractivity contribution in [2.24, 2.45) is 0 Å². The Morgan fingerprint density at radius 1 is 1.12 bits per heavy atom. The molecule has 0 amide bonds. The van der Waals surface area contributed by atoms with E-state index in [-0.39, 0.29) is 5.75 Å². The molecule has 1 aliphatic rings. The first kappa shape index (κ1) is 12.7. The van der Waals surface area contributed by atoms with E-state index in [2.05, 4.69) is 0 Å². The monoisotopic (exact) mass is 254 g/mol. The topological polar surface area (TPSA) is 38.7 Å². The second-order valence-electron chi connectivity index (χ2n) is 5.29. The quantitative estimate of drug-likeness (QED) is 0.782. The summed E-state index contributed by atoms with van der Waals surface area (Å²) in [5, 5.41) is 10.3. The summed E-state index contributed by atoms with van der Waals surface area (Å²) in [6.45, 7) is 7.89. The van der Waals surface area contributed by atoms with E-state index in [0.717, 1.165) is 0 Å². The Kier molecular flexibility index (Phi) is 2.93. The van der Waals surface area contributed by atoms with E-state index in [9.17, 15) is 5.11 Å². The molecule has 1 heterocycles. The Balaban J connectivity index is 2.32. The molecule has 1 fully saturated rings. The van der Waals surface area contributed by atoms with Gasteiger partial charge in [0.25, 0.3) is 0 Å². The number of benzene rings is 1. The maximum atomic E-state index is 9.85. The number of phenols is 1. The van der Waals surface area contributed by atoms with Crippen LogP contribution in [0.1, 0.15) is 27.7 Å². The van der Waals surface area contributed by atoms with Crippen molar-refractivity contribution in [1.82, 2.24) is 0 Å². The zero-order valence-corrected chi connectivity index (χ0v) is 11.2. The molecule has 0 aliphatic carbocycles. The minimum absolute atomic E-state index is 0.0935. The average molecular weight is 255 g/mol. The first-order chi connectivity index (χ1) is 7.73. The lowest BCUT2D eigenvalue weighted by atomic mass is 9.78. The van der Waals surface area contributed by atoms with Crippen LogP contribution in [-0.4, -0.2) is 23.4 Å². The number of halogens is 1. The molecule has 17 heavy (non-hydrogen) atoms. The molecule has 0 radical (unpaired) electrons. The van der Waals surface area contributed by atoms with Crippen LogP contribution in [0.15, 0.2) is 18.2 Å². The first-order valence-corrected chi connectivity index (χ1v) is 5.95. The molecule has 3 nitrogen and oxygen atoms in total. The molecule has 0 bridgehead atoms. The van der Waals surface area contributed by atoms with Crippen LogP contribution < -0.4 is 5.46 Å². The fourth-order valence-electron chi connectivity index (χ4n) is 1.69. The van der Waals surface area contributed by atoms with Crippen LogP contribution in [0, 0.1) is 0 Å². The van der Waals surface area contributed by atoms with E-state index in [1.807, 2.05) is 27.7 Å². The Bertz CT molecular complexity index is 429. The van der Waals surface area contributed by atoms with Crippen molar-refractivity contribution in [3.63, 3.8) is 0 Å². The summed E-state index contributed by atoms with van der Waals surface area (Å²) in [4.78, 5) is 0. The second-order valence-corrected chi connectivity index (χ2v) is 5.73. The maximum Gasteiger partial charge on any atom is 0.498 e. The van der Waals surface area contributed by atoms with Gasteiger partial charge in [0.2, 0.25) is 0 Å². The molecule has 1 N–H and O–H groups in total. The Morgan fingerprint density at radius 2 is 1.65 bits per heavy atom. The smallest absolute Gasteiger partial charge is 0.498 e. The summed E-state index contributed by atoms with van der Waals surface area (Å²) in [6, 6.07) is 4.92. The summed E-state index contributed by atoms with van der Waals surface area (Å²) in [6.07, 6.45) is 0. The van der Waals surface area contributed by atoms with Crippen LogP contribution in [0.5, 0.6) is 5.75 Å². The highest BCUT2D eigenvalue weighted by Gasteiger charge is 2.52. The number of aromatic hydroxyl groups is 1. The third-order valence-corrected chi connectivity index (χ3v) is 3.73. The van der Waals surface area contributed by atoms with E-state index >= 15 is 0 Å². The maximum absolute atomic E-state index is 9.85. The van der Waals surface area contributed by atoms with E-state index in [1.54, 1.807) is 12.1 Å². The summed E-state index contributed by atoms with van der Waals surface area (Å²) in [5.41, 5.74) is -0.221. The molecular formula is C12H16BClO3. The normalized spacial score (nSPS) is 21.8. The van der Waals surface area contributed by atoms with Gasteiger partial charge in [0.05, 0.1) is 11.2 Å². The largest absolute Gasteiger partial charge is 0.508 e. The van der Waals surface area contributed by atoms with E-state index in [4.69, 9.17) is 20.9 Å².